The molecule has 0 spiro atoms. The second kappa shape index (κ2) is 8.02. The Morgan fingerprint density at radius 1 is 1.19 bits per heavy atom. The highest BCUT2D eigenvalue weighted by Crippen LogP contribution is 2.09. The van der Waals surface area contributed by atoms with Crippen molar-refractivity contribution in [2.45, 2.75) is 31.7 Å². The van der Waals surface area contributed by atoms with Crippen molar-refractivity contribution >= 4 is 15.8 Å². The second-order valence-electron chi connectivity index (χ2n) is 5.31. The molecule has 5 nitrogen and oxygen atoms in total. The monoisotopic (exact) mass is 311 g/mol. The number of aliphatic imine (C=N–C) groups is 1. The van der Waals surface area contributed by atoms with Gasteiger partial charge in [0.15, 0.2) is 15.8 Å². The summed E-state index contributed by atoms with van der Waals surface area (Å²) < 4.78 is 24.3. The van der Waals surface area contributed by atoms with Gasteiger partial charge in [0.2, 0.25) is 0 Å². The van der Waals surface area contributed by atoms with Crippen LogP contribution in [0.25, 0.3) is 0 Å². The third-order valence-corrected chi connectivity index (χ3v) is 5.09. The van der Waals surface area contributed by atoms with Crippen molar-refractivity contribution in [1.29, 1.82) is 0 Å². The van der Waals surface area contributed by atoms with Gasteiger partial charge >= 0.3 is 0 Å². The fourth-order valence-electron chi connectivity index (χ4n) is 1.63. The maximum absolute atomic E-state index is 12.1. The second-order valence-corrected chi connectivity index (χ2v) is 7.42. The van der Waals surface area contributed by atoms with Gasteiger partial charge < -0.3 is 10.6 Å². The molecule has 1 atom stereocenters. The summed E-state index contributed by atoms with van der Waals surface area (Å²) in [6.07, 6.45) is 0. The first-order valence-corrected chi connectivity index (χ1v) is 8.77. The molecule has 0 aliphatic heterocycles. The number of hydrogen-bond donors (Lipinski definition) is 2. The van der Waals surface area contributed by atoms with Crippen molar-refractivity contribution in [3.05, 3.63) is 30.3 Å². The summed E-state index contributed by atoms with van der Waals surface area (Å²) in [6, 6.07) is 8.75. The van der Waals surface area contributed by atoms with Crippen LogP contribution in [-0.4, -0.2) is 39.8 Å². The lowest BCUT2D eigenvalue weighted by Crippen LogP contribution is -2.45. The Balaban J connectivity index is 2.52. The summed E-state index contributed by atoms with van der Waals surface area (Å²) in [5.41, 5.74) is 0. The number of rotatable bonds is 6. The number of sulfone groups is 1. The Morgan fingerprint density at radius 2 is 1.81 bits per heavy atom. The van der Waals surface area contributed by atoms with E-state index < -0.39 is 9.84 Å². The average molecular weight is 311 g/mol. The number of hydrogen-bond acceptors (Lipinski definition) is 3. The Morgan fingerprint density at radius 3 is 2.33 bits per heavy atom. The van der Waals surface area contributed by atoms with E-state index in [-0.39, 0.29) is 11.8 Å². The maximum atomic E-state index is 12.1. The van der Waals surface area contributed by atoms with Crippen molar-refractivity contribution < 1.29 is 8.42 Å². The lowest BCUT2D eigenvalue weighted by Gasteiger charge is -2.20. The van der Waals surface area contributed by atoms with Gasteiger partial charge in [-0.1, -0.05) is 32.0 Å². The summed E-state index contributed by atoms with van der Waals surface area (Å²) in [4.78, 5) is 4.45. The smallest absolute Gasteiger partial charge is 0.191 e. The maximum Gasteiger partial charge on any atom is 0.191 e. The van der Waals surface area contributed by atoms with Crippen LogP contribution in [0.5, 0.6) is 0 Å². The van der Waals surface area contributed by atoms with Crippen LogP contribution in [0.15, 0.2) is 40.2 Å². The molecule has 0 aliphatic rings. The van der Waals surface area contributed by atoms with Crippen LogP contribution >= 0.6 is 0 Å². The molecule has 0 saturated heterocycles. The molecule has 0 radical (unpaired) electrons. The van der Waals surface area contributed by atoms with Gasteiger partial charge in [-0.05, 0) is 25.0 Å². The molecule has 0 aliphatic carbocycles. The summed E-state index contributed by atoms with van der Waals surface area (Å²) >= 11 is 0. The number of benzene rings is 1. The van der Waals surface area contributed by atoms with Crippen molar-refractivity contribution in [2.75, 3.05) is 19.3 Å². The van der Waals surface area contributed by atoms with Crippen LogP contribution in [0.3, 0.4) is 0 Å². The highest BCUT2D eigenvalue weighted by Gasteiger charge is 2.14. The molecule has 0 saturated carbocycles. The molecule has 0 bridgehead atoms. The molecular formula is C15H25N3O2S. The van der Waals surface area contributed by atoms with E-state index in [0.29, 0.717) is 23.3 Å². The molecule has 0 aromatic heterocycles. The summed E-state index contributed by atoms with van der Waals surface area (Å²) in [5.74, 6) is 1.13. The number of guanidine groups is 1. The average Bonchev–Trinajstić information content (AvgIpc) is 2.46. The van der Waals surface area contributed by atoms with Crippen LogP contribution in [0.2, 0.25) is 0 Å². The molecule has 1 unspecified atom stereocenters. The Kier molecular flexibility index (Phi) is 6.68. The van der Waals surface area contributed by atoms with Gasteiger partial charge in [0.1, 0.15) is 0 Å². The molecule has 1 aromatic rings. The first kappa shape index (κ1) is 17.5. The zero-order valence-corrected chi connectivity index (χ0v) is 13.9. The van der Waals surface area contributed by atoms with Gasteiger partial charge in [-0.25, -0.2) is 8.42 Å². The minimum atomic E-state index is -3.25. The number of nitrogens with one attached hydrogen (secondary N) is 2. The van der Waals surface area contributed by atoms with Crippen molar-refractivity contribution in [3.8, 4) is 0 Å². The predicted octanol–water partition coefficient (Wildman–Crippen LogP) is 1.67. The van der Waals surface area contributed by atoms with Gasteiger partial charge in [0.05, 0.1) is 10.6 Å². The van der Waals surface area contributed by atoms with E-state index in [2.05, 4.69) is 36.4 Å². The van der Waals surface area contributed by atoms with E-state index >= 15 is 0 Å². The van der Waals surface area contributed by atoms with Crippen LogP contribution < -0.4 is 10.6 Å². The Labute approximate surface area is 127 Å². The SMILES string of the molecule is CN=C(NCCS(=O)(=O)c1ccccc1)NC(C)C(C)C. The van der Waals surface area contributed by atoms with Gasteiger partial charge in [-0.3, -0.25) is 4.99 Å². The van der Waals surface area contributed by atoms with Crippen LogP contribution in [-0.2, 0) is 9.84 Å². The lowest BCUT2D eigenvalue weighted by atomic mass is 10.1. The standard InChI is InChI=1S/C15H25N3O2S/c1-12(2)13(3)18-15(16-4)17-10-11-21(19,20)14-8-6-5-7-9-14/h5-9,12-13H,10-11H2,1-4H3,(H2,16,17,18). The highest BCUT2D eigenvalue weighted by atomic mass is 32.2. The molecule has 1 aromatic carbocycles. The van der Waals surface area contributed by atoms with Crippen LogP contribution in [0, 0.1) is 5.92 Å². The first-order valence-electron chi connectivity index (χ1n) is 7.12. The largest absolute Gasteiger partial charge is 0.355 e. The summed E-state index contributed by atoms with van der Waals surface area (Å²) in [7, 11) is -1.58. The quantitative estimate of drug-likeness (QED) is 0.619. The van der Waals surface area contributed by atoms with Crippen LogP contribution in [0.1, 0.15) is 20.8 Å². The van der Waals surface area contributed by atoms with Crippen molar-refractivity contribution in [1.82, 2.24) is 10.6 Å². The molecule has 21 heavy (non-hydrogen) atoms. The molecule has 0 fully saturated rings. The van der Waals surface area contributed by atoms with Crippen molar-refractivity contribution in [3.63, 3.8) is 0 Å². The molecule has 118 valence electrons. The zero-order chi connectivity index (χ0) is 15.9. The number of nitrogens with zero attached hydrogens (tertiary/aromatic N) is 1. The third-order valence-electron chi connectivity index (χ3n) is 3.35. The highest BCUT2D eigenvalue weighted by molar-refractivity contribution is 7.91. The van der Waals surface area contributed by atoms with E-state index in [9.17, 15) is 8.42 Å². The van der Waals surface area contributed by atoms with E-state index in [4.69, 9.17) is 0 Å². The minimum absolute atomic E-state index is 0.0355. The normalized spacial score (nSPS) is 14.0. The summed E-state index contributed by atoms with van der Waals surface area (Å²) in [5, 5.41) is 6.28. The molecule has 0 amide bonds. The fraction of sp³-hybridized carbons (Fsp3) is 0.533. The third kappa shape index (κ3) is 5.75. The van der Waals surface area contributed by atoms with Gasteiger partial charge in [-0.15, -0.1) is 0 Å². The summed E-state index contributed by atoms with van der Waals surface area (Å²) in [6.45, 7) is 6.62. The topological polar surface area (TPSA) is 70.6 Å². The van der Waals surface area contributed by atoms with Gasteiger partial charge in [-0.2, -0.15) is 0 Å². The molecular weight excluding hydrogens is 286 g/mol. The Bertz CT molecular complexity index is 554. The Hall–Kier alpha value is -1.56. The molecule has 0 heterocycles. The lowest BCUT2D eigenvalue weighted by molar-refractivity contribution is 0.481. The first-order chi connectivity index (χ1) is 9.86. The van der Waals surface area contributed by atoms with Gasteiger partial charge in [0, 0.05) is 19.6 Å². The van der Waals surface area contributed by atoms with E-state index in [0.717, 1.165) is 0 Å². The molecule has 2 N–H and O–H groups in total. The fourth-order valence-corrected chi connectivity index (χ4v) is 2.80. The molecule has 1 rings (SSSR count). The zero-order valence-electron chi connectivity index (χ0n) is 13.1. The minimum Gasteiger partial charge on any atom is -0.355 e. The van der Waals surface area contributed by atoms with E-state index in [1.165, 1.54) is 0 Å². The predicted molar refractivity (Wildman–Crippen MR) is 87.3 cm³/mol. The van der Waals surface area contributed by atoms with Crippen LogP contribution in [0.4, 0.5) is 0 Å². The van der Waals surface area contributed by atoms with Gasteiger partial charge in [0.25, 0.3) is 0 Å². The van der Waals surface area contributed by atoms with E-state index in [1.807, 2.05) is 0 Å². The van der Waals surface area contributed by atoms with E-state index in [1.54, 1.807) is 37.4 Å². The molecule has 6 heteroatoms. The van der Waals surface area contributed by atoms with Crippen molar-refractivity contribution in [2.24, 2.45) is 10.9 Å².